The molecule has 0 aliphatic heterocycles. The smallest absolute Gasteiger partial charge is 0.371 e. The Labute approximate surface area is 104 Å². The van der Waals surface area contributed by atoms with Gasteiger partial charge in [0.1, 0.15) is 5.76 Å². The van der Waals surface area contributed by atoms with Gasteiger partial charge in [-0.25, -0.2) is 4.79 Å². The predicted octanol–water partition coefficient (Wildman–Crippen LogP) is 1.95. The molecular formula is C11H8BrNO4. The molecule has 2 aromatic rings. The molecule has 6 heteroatoms. The molecule has 2 heterocycles. The number of carbonyl (C=O) groups is 1. The summed E-state index contributed by atoms with van der Waals surface area (Å²) in [5.41, 5.74) is -0.194. The van der Waals surface area contributed by atoms with E-state index in [-0.39, 0.29) is 17.9 Å². The molecule has 5 nitrogen and oxygen atoms in total. The minimum atomic E-state index is -1.13. The summed E-state index contributed by atoms with van der Waals surface area (Å²) in [7, 11) is 0. The Balaban J connectivity index is 2.28. The highest BCUT2D eigenvalue weighted by molar-refractivity contribution is 9.10. The van der Waals surface area contributed by atoms with E-state index in [2.05, 4.69) is 15.9 Å². The highest BCUT2D eigenvalue weighted by atomic mass is 79.9. The van der Waals surface area contributed by atoms with E-state index in [1.54, 1.807) is 18.3 Å². The number of rotatable bonds is 3. The topological polar surface area (TPSA) is 72.4 Å². The van der Waals surface area contributed by atoms with Gasteiger partial charge in [0, 0.05) is 6.20 Å². The Hall–Kier alpha value is -1.82. The van der Waals surface area contributed by atoms with Gasteiger partial charge in [-0.1, -0.05) is 0 Å². The van der Waals surface area contributed by atoms with E-state index in [1.807, 2.05) is 0 Å². The van der Waals surface area contributed by atoms with E-state index in [4.69, 9.17) is 9.52 Å². The molecule has 0 spiro atoms. The second kappa shape index (κ2) is 4.58. The predicted molar refractivity (Wildman–Crippen MR) is 63.2 cm³/mol. The Bertz CT molecular complexity index is 614. The average molecular weight is 298 g/mol. The SMILES string of the molecule is O=C(O)c1ccc(Cn2cccc(Br)c2=O)o1. The van der Waals surface area contributed by atoms with Gasteiger partial charge in [-0.2, -0.15) is 0 Å². The summed E-state index contributed by atoms with van der Waals surface area (Å²) in [5.74, 6) is -0.844. The van der Waals surface area contributed by atoms with Gasteiger partial charge in [-0.3, -0.25) is 4.79 Å². The molecule has 2 rings (SSSR count). The monoisotopic (exact) mass is 297 g/mol. The van der Waals surface area contributed by atoms with Gasteiger partial charge in [-0.15, -0.1) is 0 Å². The number of carboxylic acid groups (broad SMARTS) is 1. The molecule has 1 N–H and O–H groups in total. The Morgan fingerprint density at radius 2 is 2.18 bits per heavy atom. The quantitative estimate of drug-likeness (QED) is 0.940. The summed E-state index contributed by atoms with van der Waals surface area (Å²) >= 11 is 3.13. The van der Waals surface area contributed by atoms with E-state index in [0.29, 0.717) is 10.2 Å². The van der Waals surface area contributed by atoms with Crippen LogP contribution in [0.4, 0.5) is 0 Å². The minimum Gasteiger partial charge on any atom is -0.475 e. The molecule has 0 saturated carbocycles. The second-order valence-corrected chi connectivity index (χ2v) is 4.21. The van der Waals surface area contributed by atoms with Crippen LogP contribution in [0.25, 0.3) is 0 Å². The zero-order valence-electron chi connectivity index (χ0n) is 8.59. The zero-order valence-corrected chi connectivity index (χ0v) is 10.2. The van der Waals surface area contributed by atoms with E-state index in [0.717, 1.165) is 0 Å². The fourth-order valence-corrected chi connectivity index (χ4v) is 1.76. The maximum Gasteiger partial charge on any atom is 0.371 e. The van der Waals surface area contributed by atoms with Crippen LogP contribution in [0.5, 0.6) is 0 Å². The molecule has 0 aliphatic rings. The number of furan rings is 1. The third kappa shape index (κ3) is 2.47. The van der Waals surface area contributed by atoms with Crippen LogP contribution in [-0.2, 0) is 6.54 Å². The summed E-state index contributed by atoms with van der Waals surface area (Å²) in [4.78, 5) is 22.3. The number of hydrogen-bond donors (Lipinski definition) is 1. The standard InChI is InChI=1S/C11H8BrNO4/c12-8-2-1-5-13(10(8)14)6-7-3-4-9(17-7)11(15)16/h1-5H,6H2,(H,15,16). The average Bonchev–Trinajstić information content (AvgIpc) is 2.73. The number of halogens is 1. The van der Waals surface area contributed by atoms with Crippen LogP contribution < -0.4 is 5.56 Å². The third-order valence-corrected chi connectivity index (χ3v) is 2.78. The maximum absolute atomic E-state index is 11.7. The van der Waals surface area contributed by atoms with Crippen molar-refractivity contribution >= 4 is 21.9 Å². The van der Waals surface area contributed by atoms with Crippen molar-refractivity contribution in [3.63, 3.8) is 0 Å². The second-order valence-electron chi connectivity index (χ2n) is 3.36. The summed E-state index contributed by atoms with van der Waals surface area (Å²) in [6.45, 7) is 0.200. The molecule has 0 aliphatic carbocycles. The number of aromatic carboxylic acids is 1. The first kappa shape index (κ1) is 11.7. The van der Waals surface area contributed by atoms with Crippen molar-refractivity contribution in [1.29, 1.82) is 0 Å². The van der Waals surface area contributed by atoms with Crippen LogP contribution in [0.2, 0.25) is 0 Å². The van der Waals surface area contributed by atoms with Crippen LogP contribution in [-0.4, -0.2) is 15.6 Å². The zero-order chi connectivity index (χ0) is 12.4. The molecule has 0 saturated heterocycles. The lowest BCUT2D eigenvalue weighted by Gasteiger charge is -2.02. The lowest BCUT2D eigenvalue weighted by atomic mass is 10.4. The number of carboxylic acids is 1. The summed E-state index contributed by atoms with van der Waals surface area (Å²) < 4.78 is 6.94. The van der Waals surface area contributed by atoms with Gasteiger partial charge in [0.05, 0.1) is 11.0 Å². The lowest BCUT2D eigenvalue weighted by Crippen LogP contribution is -2.19. The Kier molecular flexibility index (Phi) is 3.14. The number of aromatic nitrogens is 1. The van der Waals surface area contributed by atoms with Crippen LogP contribution in [0.3, 0.4) is 0 Å². The van der Waals surface area contributed by atoms with Crippen LogP contribution in [0, 0.1) is 0 Å². The van der Waals surface area contributed by atoms with Crippen LogP contribution >= 0.6 is 15.9 Å². The van der Waals surface area contributed by atoms with Crippen molar-refractivity contribution in [1.82, 2.24) is 4.57 Å². The fourth-order valence-electron chi connectivity index (χ4n) is 1.38. The van der Waals surface area contributed by atoms with E-state index in [1.165, 1.54) is 16.7 Å². The van der Waals surface area contributed by atoms with Gasteiger partial charge in [0.15, 0.2) is 0 Å². The molecule has 17 heavy (non-hydrogen) atoms. The molecular weight excluding hydrogens is 290 g/mol. The molecule has 2 aromatic heterocycles. The van der Waals surface area contributed by atoms with Crippen LogP contribution in [0.15, 0.2) is 44.1 Å². The van der Waals surface area contributed by atoms with E-state index >= 15 is 0 Å². The first-order valence-corrected chi connectivity index (χ1v) is 5.54. The van der Waals surface area contributed by atoms with Gasteiger partial charge in [0.2, 0.25) is 5.76 Å². The largest absolute Gasteiger partial charge is 0.475 e. The van der Waals surface area contributed by atoms with Crippen molar-refractivity contribution in [2.24, 2.45) is 0 Å². The van der Waals surface area contributed by atoms with E-state index in [9.17, 15) is 9.59 Å². The molecule has 0 bridgehead atoms. The fraction of sp³-hybridized carbons (Fsp3) is 0.0909. The number of hydrogen-bond acceptors (Lipinski definition) is 3. The first-order chi connectivity index (χ1) is 8.08. The normalized spacial score (nSPS) is 10.4. The Morgan fingerprint density at radius 1 is 1.41 bits per heavy atom. The van der Waals surface area contributed by atoms with Crippen molar-refractivity contribution in [3.8, 4) is 0 Å². The van der Waals surface area contributed by atoms with Gasteiger partial charge >= 0.3 is 5.97 Å². The highest BCUT2D eigenvalue weighted by Gasteiger charge is 2.09. The number of pyridine rings is 1. The molecule has 0 amide bonds. The third-order valence-electron chi connectivity index (χ3n) is 2.17. The first-order valence-electron chi connectivity index (χ1n) is 4.75. The van der Waals surface area contributed by atoms with Gasteiger partial charge < -0.3 is 14.1 Å². The van der Waals surface area contributed by atoms with Crippen molar-refractivity contribution in [3.05, 3.63) is 56.8 Å². The minimum absolute atomic E-state index is 0.136. The molecule has 0 fully saturated rings. The lowest BCUT2D eigenvalue weighted by molar-refractivity contribution is 0.0660. The van der Waals surface area contributed by atoms with Gasteiger partial charge in [-0.05, 0) is 40.2 Å². The highest BCUT2D eigenvalue weighted by Crippen LogP contribution is 2.09. The van der Waals surface area contributed by atoms with Crippen molar-refractivity contribution in [2.45, 2.75) is 6.54 Å². The van der Waals surface area contributed by atoms with Crippen molar-refractivity contribution in [2.75, 3.05) is 0 Å². The van der Waals surface area contributed by atoms with Gasteiger partial charge in [0.25, 0.3) is 5.56 Å². The summed E-state index contributed by atoms with van der Waals surface area (Å²) in [6.07, 6.45) is 1.61. The molecule has 0 radical (unpaired) electrons. The molecule has 0 atom stereocenters. The molecule has 0 aromatic carbocycles. The van der Waals surface area contributed by atoms with Crippen LogP contribution in [0.1, 0.15) is 16.3 Å². The van der Waals surface area contributed by atoms with E-state index < -0.39 is 5.97 Å². The van der Waals surface area contributed by atoms with Crippen molar-refractivity contribution < 1.29 is 14.3 Å². The summed E-state index contributed by atoms with van der Waals surface area (Å²) in [6, 6.07) is 6.26. The maximum atomic E-state index is 11.7. The summed E-state index contributed by atoms with van der Waals surface area (Å²) in [5, 5.41) is 8.69. The Morgan fingerprint density at radius 3 is 2.82 bits per heavy atom. The molecule has 88 valence electrons. The number of nitrogens with zero attached hydrogens (tertiary/aromatic N) is 1. The molecule has 0 unspecified atom stereocenters.